The van der Waals surface area contributed by atoms with Crippen LogP contribution in [0.5, 0.6) is 0 Å². The van der Waals surface area contributed by atoms with Gasteiger partial charge in [-0.2, -0.15) is 0 Å². The maximum atomic E-state index is 12.2. The Kier molecular flexibility index (Phi) is 4.52. The van der Waals surface area contributed by atoms with Crippen LogP contribution < -0.4 is 5.32 Å². The zero-order valence-corrected chi connectivity index (χ0v) is 12.2. The first-order chi connectivity index (χ1) is 9.40. The summed E-state index contributed by atoms with van der Waals surface area (Å²) in [7, 11) is 0. The van der Waals surface area contributed by atoms with Crippen molar-refractivity contribution in [2.45, 2.75) is 51.7 Å². The van der Waals surface area contributed by atoms with E-state index in [0.717, 1.165) is 12.8 Å². The number of piperidine rings is 1. The van der Waals surface area contributed by atoms with Crippen LogP contribution in [0.3, 0.4) is 0 Å². The highest BCUT2D eigenvalue weighted by Gasteiger charge is 2.38. The molecule has 2 amide bonds. The molecule has 0 aromatic carbocycles. The van der Waals surface area contributed by atoms with Gasteiger partial charge in [-0.15, -0.1) is 0 Å². The van der Waals surface area contributed by atoms with Gasteiger partial charge in [0.2, 0.25) is 0 Å². The lowest BCUT2D eigenvalue weighted by Gasteiger charge is -2.37. The molecule has 2 N–H and O–H groups in total. The molecule has 2 unspecified atom stereocenters. The molecule has 0 aliphatic carbocycles. The highest BCUT2D eigenvalue weighted by atomic mass is 16.5. The number of carbonyl (C=O) groups is 2. The zero-order chi connectivity index (χ0) is 14.8. The molecule has 6 heteroatoms. The molecule has 20 heavy (non-hydrogen) atoms. The van der Waals surface area contributed by atoms with Crippen molar-refractivity contribution < 1.29 is 19.4 Å². The summed E-state index contributed by atoms with van der Waals surface area (Å²) in [6.07, 6.45) is 2.90. The van der Waals surface area contributed by atoms with E-state index < -0.39 is 11.4 Å². The number of ether oxygens (including phenoxy) is 1. The van der Waals surface area contributed by atoms with Crippen LogP contribution in [0.1, 0.15) is 39.5 Å². The minimum absolute atomic E-state index is 0.0726. The second-order valence-electron chi connectivity index (χ2n) is 6.21. The van der Waals surface area contributed by atoms with Crippen molar-refractivity contribution in [1.29, 1.82) is 0 Å². The highest BCUT2D eigenvalue weighted by Crippen LogP contribution is 2.31. The first-order valence-electron chi connectivity index (χ1n) is 7.31. The summed E-state index contributed by atoms with van der Waals surface area (Å²) in [5.41, 5.74) is -0.691. The third-order valence-corrected chi connectivity index (χ3v) is 4.48. The van der Waals surface area contributed by atoms with E-state index in [-0.39, 0.29) is 18.2 Å². The Balaban J connectivity index is 1.81. The van der Waals surface area contributed by atoms with E-state index in [1.807, 2.05) is 6.92 Å². The van der Waals surface area contributed by atoms with E-state index in [1.165, 1.54) is 0 Å². The maximum absolute atomic E-state index is 12.2. The first kappa shape index (κ1) is 15.1. The van der Waals surface area contributed by atoms with Gasteiger partial charge in [0, 0.05) is 25.7 Å². The number of carbonyl (C=O) groups excluding carboxylic acids is 1. The summed E-state index contributed by atoms with van der Waals surface area (Å²) in [5, 5.41) is 12.2. The van der Waals surface area contributed by atoms with Crippen LogP contribution in [0, 0.1) is 5.41 Å². The van der Waals surface area contributed by atoms with Gasteiger partial charge in [0.15, 0.2) is 0 Å². The molecule has 0 saturated carbocycles. The van der Waals surface area contributed by atoms with E-state index in [0.29, 0.717) is 32.5 Å². The molecule has 6 nitrogen and oxygen atoms in total. The zero-order valence-electron chi connectivity index (χ0n) is 12.2. The quantitative estimate of drug-likeness (QED) is 0.804. The Morgan fingerprint density at radius 3 is 2.55 bits per heavy atom. The van der Waals surface area contributed by atoms with Crippen LogP contribution in [-0.4, -0.2) is 53.8 Å². The van der Waals surface area contributed by atoms with Gasteiger partial charge < -0.3 is 20.1 Å². The smallest absolute Gasteiger partial charge is 0.317 e. The number of carboxylic acid groups (broad SMARTS) is 1. The Morgan fingerprint density at radius 1 is 1.35 bits per heavy atom. The fourth-order valence-electron chi connectivity index (χ4n) is 2.81. The predicted octanol–water partition coefficient (Wildman–Crippen LogP) is 1.45. The van der Waals surface area contributed by atoms with Crippen molar-refractivity contribution in [3.63, 3.8) is 0 Å². The molecular formula is C14H24N2O4. The molecular weight excluding hydrogens is 260 g/mol. The molecule has 2 aliphatic heterocycles. The number of aliphatic carboxylic acids is 1. The van der Waals surface area contributed by atoms with Gasteiger partial charge in [0.1, 0.15) is 0 Å². The normalized spacial score (nSPS) is 29.8. The minimum Gasteiger partial charge on any atom is -0.481 e. The lowest BCUT2D eigenvalue weighted by atomic mass is 9.80. The van der Waals surface area contributed by atoms with Gasteiger partial charge in [-0.25, -0.2) is 4.79 Å². The van der Waals surface area contributed by atoms with Crippen molar-refractivity contribution in [3.8, 4) is 0 Å². The average Bonchev–Trinajstić information content (AvgIpc) is 2.39. The standard InChI is InChI=1S/C14H24N2O4/c1-10-9-11(3-8-20-10)15-13(19)16-6-4-14(2,5-7-16)12(17)18/h10-11H,3-9H2,1-2H3,(H,15,19)(H,17,18). The maximum Gasteiger partial charge on any atom is 0.317 e. The summed E-state index contributed by atoms with van der Waals surface area (Å²) >= 11 is 0. The number of nitrogens with one attached hydrogen (secondary N) is 1. The molecule has 2 saturated heterocycles. The van der Waals surface area contributed by atoms with Gasteiger partial charge in [-0.3, -0.25) is 4.79 Å². The third kappa shape index (κ3) is 3.42. The Morgan fingerprint density at radius 2 is 2.00 bits per heavy atom. The van der Waals surface area contributed by atoms with Crippen molar-refractivity contribution in [1.82, 2.24) is 10.2 Å². The van der Waals surface area contributed by atoms with Crippen molar-refractivity contribution >= 4 is 12.0 Å². The Labute approximate surface area is 119 Å². The summed E-state index contributed by atoms with van der Waals surface area (Å²) in [6.45, 7) is 5.46. The number of carboxylic acids is 1. The molecule has 0 spiro atoms. The molecule has 0 radical (unpaired) electrons. The topological polar surface area (TPSA) is 78.9 Å². The van der Waals surface area contributed by atoms with Crippen LogP contribution in [0.15, 0.2) is 0 Å². The molecule has 0 aromatic rings. The van der Waals surface area contributed by atoms with Gasteiger partial charge >= 0.3 is 12.0 Å². The second kappa shape index (κ2) is 5.99. The minimum atomic E-state index is -0.768. The Hall–Kier alpha value is -1.30. The molecule has 2 heterocycles. The van der Waals surface area contributed by atoms with Crippen LogP contribution in [-0.2, 0) is 9.53 Å². The summed E-state index contributed by atoms with van der Waals surface area (Å²) < 4.78 is 5.46. The van der Waals surface area contributed by atoms with Crippen LogP contribution >= 0.6 is 0 Å². The van der Waals surface area contributed by atoms with Crippen molar-refractivity contribution in [2.24, 2.45) is 5.41 Å². The Bertz CT molecular complexity index is 377. The number of nitrogens with zero attached hydrogens (tertiary/aromatic N) is 1. The number of amides is 2. The van der Waals surface area contributed by atoms with E-state index in [4.69, 9.17) is 4.74 Å². The lowest BCUT2D eigenvalue weighted by molar-refractivity contribution is -0.150. The van der Waals surface area contributed by atoms with Crippen molar-refractivity contribution in [3.05, 3.63) is 0 Å². The fourth-order valence-corrected chi connectivity index (χ4v) is 2.81. The third-order valence-electron chi connectivity index (χ3n) is 4.48. The SMILES string of the molecule is CC1CC(NC(=O)N2CCC(C)(C(=O)O)CC2)CCO1. The molecule has 0 aromatic heterocycles. The van der Waals surface area contributed by atoms with E-state index in [1.54, 1.807) is 11.8 Å². The highest BCUT2D eigenvalue weighted by molar-refractivity contribution is 5.77. The predicted molar refractivity (Wildman–Crippen MR) is 73.5 cm³/mol. The van der Waals surface area contributed by atoms with Gasteiger partial charge in [-0.05, 0) is 39.5 Å². The summed E-state index contributed by atoms with van der Waals surface area (Å²) in [5.74, 6) is -0.768. The van der Waals surface area contributed by atoms with E-state index >= 15 is 0 Å². The lowest BCUT2D eigenvalue weighted by Crippen LogP contribution is -2.52. The van der Waals surface area contributed by atoms with Gasteiger partial charge in [0.25, 0.3) is 0 Å². The largest absolute Gasteiger partial charge is 0.481 e. The molecule has 114 valence electrons. The summed E-state index contributed by atoms with van der Waals surface area (Å²) in [4.78, 5) is 25.1. The molecule has 2 fully saturated rings. The summed E-state index contributed by atoms with van der Waals surface area (Å²) in [6, 6.07) is 0.0931. The van der Waals surface area contributed by atoms with E-state index in [9.17, 15) is 14.7 Å². The second-order valence-corrected chi connectivity index (χ2v) is 6.21. The van der Waals surface area contributed by atoms with E-state index in [2.05, 4.69) is 5.32 Å². The van der Waals surface area contributed by atoms with Crippen molar-refractivity contribution in [2.75, 3.05) is 19.7 Å². The monoisotopic (exact) mass is 284 g/mol. The number of rotatable bonds is 2. The fraction of sp³-hybridized carbons (Fsp3) is 0.857. The number of hydrogen-bond donors (Lipinski definition) is 2. The number of hydrogen-bond acceptors (Lipinski definition) is 3. The molecule has 2 aliphatic rings. The van der Waals surface area contributed by atoms with Crippen LogP contribution in [0.4, 0.5) is 4.79 Å². The van der Waals surface area contributed by atoms with Gasteiger partial charge in [-0.1, -0.05) is 0 Å². The van der Waals surface area contributed by atoms with Crippen LogP contribution in [0.2, 0.25) is 0 Å². The number of urea groups is 1. The molecule has 0 bridgehead atoms. The average molecular weight is 284 g/mol. The van der Waals surface area contributed by atoms with Crippen LogP contribution in [0.25, 0.3) is 0 Å². The van der Waals surface area contributed by atoms with Gasteiger partial charge in [0.05, 0.1) is 11.5 Å². The molecule has 2 atom stereocenters. The number of likely N-dealkylation sites (tertiary alicyclic amines) is 1. The molecule has 2 rings (SSSR count). The first-order valence-corrected chi connectivity index (χ1v) is 7.31.